The van der Waals surface area contributed by atoms with Gasteiger partial charge in [0.25, 0.3) is 5.91 Å². The van der Waals surface area contributed by atoms with Crippen molar-refractivity contribution in [2.24, 2.45) is 0 Å². The number of nitrogens with one attached hydrogen (secondary N) is 1. The molecule has 1 N–H and O–H groups in total. The van der Waals surface area contributed by atoms with Crippen LogP contribution < -0.4 is 5.32 Å². The Hall–Kier alpha value is -2.05. The van der Waals surface area contributed by atoms with Crippen LogP contribution in [0.3, 0.4) is 0 Å². The Bertz CT molecular complexity index is 595. The third-order valence-electron chi connectivity index (χ3n) is 3.45. The first kappa shape index (κ1) is 17.3. The van der Waals surface area contributed by atoms with Crippen molar-refractivity contribution >= 4 is 18.0 Å². The van der Waals surface area contributed by atoms with E-state index in [2.05, 4.69) is 10.3 Å². The molecular weight excluding hydrogens is 298 g/mol. The van der Waals surface area contributed by atoms with Gasteiger partial charge in [-0.15, -0.1) is 0 Å². The van der Waals surface area contributed by atoms with Crippen molar-refractivity contribution in [1.82, 2.24) is 9.88 Å². The predicted molar refractivity (Wildman–Crippen MR) is 85.2 cm³/mol. The molecule has 23 heavy (non-hydrogen) atoms. The fourth-order valence-corrected chi connectivity index (χ4v) is 2.06. The fraction of sp³-hybridized carbons (Fsp3) is 0.688. The van der Waals surface area contributed by atoms with Gasteiger partial charge in [0.05, 0.1) is 5.69 Å². The third kappa shape index (κ3) is 4.24. The lowest BCUT2D eigenvalue weighted by atomic mass is 9.93. The molecule has 1 aromatic rings. The van der Waals surface area contributed by atoms with Crippen LogP contribution in [0.4, 0.5) is 10.8 Å². The normalized spacial score (nSPS) is 18.3. The second-order valence-corrected chi connectivity index (χ2v) is 7.76. The van der Waals surface area contributed by atoms with Gasteiger partial charge in [0.1, 0.15) is 17.9 Å². The number of carbonyl (C=O) groups is 2. The van der Waals surface area contributed by atoms with E-state index in [0.29, 0.717) is 13.0 Å². The molecule has 7 heteroatoms. The summed E-state index contributed by atoms with van der Waals surface area (Å²) in [6.07, 6.45) is 1.65. The Labute approximate surface area is 136 Å². The number of anilines is 1. The smallest absolute Gasteiger partial charge is 0.410 e. The van der Waals surface area contributed by atoms with Crippen molar-refractivity contribution in [1.29, 1.82) is 0 Å². The molecule has 1 aliphatic rings. The molecular formula is C16H25N3O4. The van der Waals surface area contributed by atoms with Crippen molar-refractivity contribution in [2.45, 2.75) is 65.0 Å². The molecule has 0 bridgehead atoms. The van der Waals surface area contributed by atoms with Gasteiger partial charge in [-0.25, -0.2) is 4.79 Å². The molecule has 1 aliphatic heterocycles. The highest BCUT2D eigenvalue weighted by molar-refractivity contribution is 5.96. The van der Waals surface area contributed by atoms with Gasteiger partial charge in [-0.1, -0.05) is 20.8 Å². The maximum atomic E-state index is 12.3. The molecule has 2 amide bonds. The van der Waals surface area contributed by atoms with Gasteiger partial charge >= 0.3 is 12.1 Å². The minimum absolute atomic E-state index is 0.149. The molecule has 128 valence electrons. The molecule has 0 aromatic carbocycles. The summed E-state index contributed by atoms with van der Waals surface area (Å²) in [5, 5.41) is 2.62. The van der Waals surface area contributed by atoms with Crippen LogP contribution in [-0.4, -0.2) is 40.1 Å². The molecule has 1 fully saturated rings. The van der Waals surface area contributed by atoms with E-state index in [9.17, 15) is 9.59 Å². The number of oxazole rings is 1. The van der Waals surface area contributed by atoms with Crippen LogP contribution in [0.1, 0.15) is 53.7 Å². The first-order valence-corrected chi connectivity index (χ1v) is 7.74. The average Bonchev–Trinajstić information content (AvgIpc) is 2.72. The highest BCUT2D eigenvalue weighted by Gasteiger charge is 2.40. The lowest BCUT2D eigenvalue weighted by Crippen LogP contribution is -2.57. The third-order valence-corrected chi connectivity index (χ3v) is 3.45. The Morgan fingerprint density at radius 2 is 1.96 bits per heavy atom. The molecule has 2 rings (SSSR count). The van der Waals surface area contributed by atoms with E-state index in [4.69, 9.17) is 9.15 Å². The quantitative estimate of drug-likeness (QED) is 0.904. The second-order valence-electron chi connectivity index (χ2n) is 7.76. The lowest BCUT2D eigenvalue weighted by molar-refractivity contribution is -0.125. The monoisotopic (exact) mass is 323 g/mol. The zero-order chi connectivity index (χ0) is 17.4. The van der Waals surface area contributed by atoms with Crippen molar-refractivity contribution in [3.63, 3.8) is 0 Å². The van der Waals surface area contributed by atoms with Crippen molar-refractivity contribution in [3.8, 4) is 0 Å². The summed E-state index contributed by atoms with van der Waals surface area (Å²) in [7, 11) is 0. The first-order chi connectivity index (χ1) is 10.5. The molecule has 0 aliphatic carbocycles. The van der Waals surface area contributed by atoms with Crippen LogP contribution in [0.5, 0.6) is 0 Å². The number of hydrogen-bond donors (Lipinski definition) is 1. The molecule has 1 atom stereocenters. The predicted octanol–water partition coefficient (Wildman–Crippen LogP) is 2.92. The Balaban J connectivity index is 1.96. The van der Waals surface area contributed by atoms with Crippen LogP contribution in [0.25, 0.3) is 0 Å². The second kappa shape index (κ2) is 5.86. The number of rotatable bonds is 2. The number of ether oxygens (including phenoxy) is 1. The minimum atomic E-state index is -0.585. The Kier molecular flexibility index (Phi) is 4.41. The molecule has 1 aromatic heterocycles. The van der Waals surface area contributed by atoms with Gasteiger partial charge in [-0.2, -0.15) is 4.98 Å². The van der Waals surface area contributed by atoms with Crippen LogP contribution >= 0.6 is 0 Å². The molecule has 0 radical (unpaired) electrons. The van der Waals surface area contributed by atoms with E-state index in [0.717, 1.165) is 5.69 Å². The molecule has 1 saturated heterocycles. The molecule has 0 saturated carbocycles. The van der Waals surface area contributed by atoms with Gasteiger partial charge in [0.15, 0.2) is 0 Å². The number of amides is 2. The maximum absolute atomic E-state index is 12.3. The van der Waals surface area contributed by atoms with Gasteiger partial charge in [-0.05, 0) is 27.2 Å². The molecule has 2 heterocycles. The summed E-state index contributed by atoms with van der Waals surface area (Å²) in [5.41, 5.74) is 0.00835. The zero-order valence-electron chi connectivity index (χ0n) is 14.6. The average molecular weight is 323 g/mol. The fourth-order valence-electron chi connectivity index (χ4n) is 2.06. The summed E-state index contributed by atoms with van der Waals surface area (Å²) in [6, 6.07) is -0.397. The number of nitrogens with zero attached hydrogens (tertiary/aromatic N) is 2. The van der Waals surface area contributed by atoms with E-state index < -0.39 is 17.7 Å². The molecule has 1 unspecified atom stereocenters. The van der Waals surface area contributed by atoms with E-state index in [1.54, 1.807) is 20.8 Å². The molecule has 0 spiro atoms. The number of aromatic nitrogens is 1. The maximum Gasteiger partial charge on any atom is 0.410 e. The first-order valence-electron chi connectivity index (χ1n) is 7.74. The summed E-state index contributed by atoms with van der Waals surface area (Å²) < 4.78 is 10.6. The van der Waals surface area contributed by atoms with Gasteiger partial charge in [0.2, 0.25) is 0 Å². The SMILES string of the molecule is CC(C)(C)OC(=O)N1CCC1C(=O)Nc1nc(C(C)(C)C)co1. The Morgan fingerprint density at radius 3 is 2.39 bits per heavy atom. The van der Waals surface area contributed by atoms with E-state index in [1.807, 2.05) is 20.8 Å². The van der Waals surface area contributed by atoms with Gasteiger partial charge in [0, 0.05) is 12.0 Å². The highest BCUT2D eigenvalue weighted by Crippen LogP contribution is 2.25. The summed E-state index contributed by atoms with van der Waals surface area (Å²) >= 11 is 0. The van der Waals surface area contributed by atoms with Crippen LogP contribution in [0, 0.1) is 0 Å². The minimum Gasteiger partial charge on any atom is -0.444 e. The Morgan fingerprint density at radius 1 is 1.30 bits per heavy atom. The van der Waals surface area contributed by atoms with E-state index in [-0.39, 0.29) is 17.3 Å². The van der Waals surface area contributed by atoms with Gasteiger partial charge < -0.3 is 9.15 Å². The number of hydrogen-bond acceptors (Lipinski definition) is 5. The van der Waals surface area contributed by atoms with Crippen LogP contribution in [0.2, 0.25) is 0 Å². The van der Waals surface area contributed by atoms with E-state index in [1.165, 1.54) is 11.2 Å². The van der Waals surface area contributed by atoms with Gasteiger partial charge in [-0.3, -0.25) is 15.0 Å². The number of likely N-dealkylation sites (tertiary alicyclic amines) is 1. The summed E-state index contributed by atoms with van der Waals surface area (Å²) in [6.45, 7) is 11.9. The zero-order valence-corrected chi connectivity index (χ0v) is 14.6. The topological polar surface area (TPSA) is 84.7 Å². The van der Waals surface area contributed by atoms with Crippen molar-refractivity contribution in [2.75, 3.05) is 11.9 Å². The number of carbonyl (C=O) groups excluding carboxylic acids is 2. The van der Waals surface area contributed by atoms with E-state index >= 15 is 0 Å². The van der Waals surface area contributed by atoms with Crippen molar-refractivity contribution < 1.29 is 18.7 Å². The largest absolute Gasteiger partial charge is 0.444 e. The summed E-state index contributed by atoms with van der Waals surface area (Å²) in [5.74, 6) is -0.315. The van der Waals surface area contributed by atoms with Crippen LogP contribution in [0.15, 0.2) is 10.7 Å². The molecule has 7 nitrogen and oxygen atoms in total. The van der Waals surface area contributed by atoms with Crippen LogP contribution in [-0.2, 0) is 14.9 Å². The summed E-state index contributed by atoms with van der Waals surface area (Å²) in [4.78, 5) is 30.0. The standard InChI is InChI=1S/C16H25N3O4/c1-15(2,3)11-9-22-13(17-11)18-12(20)10-7-8-19(10)14(21)23-16(4,5)6/h9-10H,7-8H2,1-6H3,(H,17,18,20). The highest BCUT2D eigenvalue weighted by atomic mass is 16.6. The van der Waals surface area contributed by atoms with Crippen molar-refractivity contribution in [3.05, 3.63) is 12.0 Å². The lowest BCUT2D eigenvalue weighted by Gasteiger charge is -2.39.